The van der Waals surface area contributed by atoms with E-state index in [0.717, 1.165) is 21.8 Å². The van der Waals surface area contributed by atoms with Crippen LogP contribution in [0.2, 0.25) is 0 Å². The zero-order valence-electron chi connectivity index (χ0n) is 10.4. The summed E-state index contributed by atoms with van der Waals surface area (Å²) in [6.07, 6.45) is 1.80. The standard InChI is InChI=1S/C13H13N5S/c1-18-12(14)16-17-13(18)19-8-9-4-5-11-10(7-9)3-2-6-15-11/h2-7H,8H2,1H3,(H2,14,16). The number of fused-ring (bicyclic) bond motifs is 1. The van der Waals surface area contributed by atoms with Crippen molar-refractivity contribution < 1.29 is 0 Å². The van der Waals surface area contributed by atoms with Crippen LogP contribution in [0.3, 0.4) is 0 Å². The molecule has 5 nitrogen and oxygen atoms in total. The summed E-state index contributed by atoms with van der Waals surface area (Å²) in [6.45, 7) is 0. The van der Waals surface area contributed by atoms with Crippen LogP contribution in [-0.2, 0) is 12.8 Å². The number of hydrogen-bond donors (Lipinski definition) is 1. The zero-order valence-corrected chi connectivity index (χ0v) is 11.3. The van der Waals surface area contributed by atoms with Gasteiger partial charge in [0, 0.05) is 24.4 Å². The number of rotatable bonds is 3. The molecule has 2 heterocycles. The smallest absolute Gasteiger partial charge is 0.222 e. The van der Waals surface area contributed by atoms with Gasteiger partial charge in [0.1, 0.15) is 0 Å². The van der Waals surface area contributed by atoms with E-state index >= 15 is 0 Å². The van der Waals surface area contributed by atoms with Crippen LogP contribution in [-0.4, -0.2) is 19.7 Å². The predicted octanol–water partition coefficient (Wildman–Crippen LogP) is 2.24. The second kappa shape index (κ2) is 4.89. The van der Waals surface area contributed by atoms with Crippen molar-refractivity contribution in [3.63, 3.8) is 0 Å². The number of aromatic nitrogens is 4. The summed E-state index contributed by atoms with van der Waals surface area (Å²) in [5, 5.41) is 9.84. The Hall–Kier alpha value is -2.08. The van der Waals surface area contributed by atoms with Crippen LogP contribution in [0.1, 0.15) is 5.56 Å². The Balaban J connectivity index is 1.80. The Morgan fingerprint density at radius 1 is 1.26 bits per heavy atom. The van der Waals surface area contributed by atoms with Gasteiger partial charge in [0.25, 0.3) is 0 Å². The Kier molecular flexibility index (Phi) is 3.08. The van der Waals surface area contributed by atoms with Gasteiger partial charge in [-0.25, -0.2) is 0 Å². The van der Waals surface area contributed by atoms with Gasteiger partial charge in [0.2, 0.25) is 5.95 Å². The molecule has 0 atom stereocenters. The van der Waals surface area contributed by atoms with E-state index in [1.807, 2.05) is 19.2 Å². The predicted molar refractivity (Wildman–Crippen MR) is 76.7 cm³/mol. The number of nitrogens with two attached hydrogens (primary N) is 1. The number of nitrogens with zero attached hydrogens (tertiary/aromatic N) is 4. The Morgan fingerprint density at radius 3 is 2.95 bits per heavy atom. The van der Waals surface area contributed by atoms with E-state index in [0.29, 0.717) is 5.95 Å². The van der Waals surface area contributed by atoms with Crippen LogP contribution < -0.4 is 5.73 Å². The molecule has 0 aliphatic rings. The van der Waals surface area contributed by atoms with Gasteiger partial charge >= 0.3 is 0 Å². The van der Waals surface area contributed by atoms with E-state index in [2.05, 4.69) is 33.4 Å². The molecule has 0 aliphatic heterocycles. The van der Waals surface area contributed by atoms with Crippen LogP contribution in [0.15, 0.2) is 41.7 Å². The van der Waals surface area contributed by atoms with Crippen LogP contribution in [0.25, 0.3) is 10.9 Å². The van der Waals surface area contributed by atoms with E-state index in [-0.39, 0.29) is 0 Å². The second-order valence-corrected chi connectivity index (χ2v) is 5.16. The Labute approximate surface area is 114 Å². The number of pyridine rings is 1. The average molecular weight is 271 g/mol. The molecule has 0 saturated heterocycles. The first-order valence-electron chi connectivity index (χ1n) is 5.85. The molecular formula is C13H13N5S. The van der Waals surface area contributed by atoms with Gasteiger partial charge in [-0.1, -0.05) is 23.9 Å². The largest absolute Gasteiger partial charge is 0.368 e. The fourth-order valence-corrected chi connectivity index (χ4v) is 2.68. The molecule has 19 heavy (non-hydrogen) atoms. The number of benzene rings is 1. The maximum Gasteiger partial charge on any atom is 0.222 e. The summed E-state index contributed by atoms with van der Waals surface area (Å²) >= 11 is 1.62. The van der Waals surface area contributed by atoms with Crippen molar-refractivity contribution in [2.24, 2.45) is 7.05 Å². The van der Waals surface area contributed by atoms with Gasteiger partial charge < -0.3 is 5.73 Å². The normalized spacial score (nSPS) is 11.0. The Bertz CT molecular complexity index is 722. The van der Waals surface area contributed by atoms with Gasteiger partial charge in [-0.2, -0.15) is 0 Å². The number of nitrogen functional groups attached to an aromatic ring is 1. The van der Waals surface area contributed by atoms with Crippen molar-refractivity contribution in [3.8, 4) is 0 Å². The van der Waals surface area contributed by atoms with Crippen molar-refractivity contribution in [2.45, 2.75) is 10.9 Å². The van der Waals surface area contributed by atoms with Crippen molar-refractivity contribution in [1.82, 2.24) is 19.7 Å². The van der Waals surface area contributed by atoms with Crippen LogP contribution in [0.4, 0.5) is 5.95 Å². The molecule has 0 bridgehead atoms. The highest BCUT2D eigenvalue weighted by atomic mass is 32.2. The first-order valence-corrected chi connectivity index (χ1v) is 6.84. The minimum atomic E-state index is 0.435. The van der Waals surface area contributed by atoms with E-state index in [9.17, 15) is 0 Å². The molecule has 2 aromatic heterocycles. The maximum absolute atomic E-state index is 5.65. The third kappa shape index (κ3) is 2.39. The molecule has 0 aliphatic carbocycles. The molecule has 0 amide bonds. The molecule has 3 rings (SSSR count). The van der Waals surface area contributed by atoms with Gasteiger partial charge in [-0.05, 0) is 23.8 Å². The minimum Gasteiger partial charge on any atom is -0.368 e. The molecule has 2 N–H and O–H groups in total. The first-order chi connectivity index (χ1) is 9.24. The summed E-state index contributed by atoms with van der Waals surface area (Å²) in [7, 11) is 1.86. The third-order valence-electron chi connectivity index (χ3n) is 2.90. The highest BCUT2D eigenvalue weighted by molar-refractivity contribution is 7.98. The van der Waals surface area contributed by atoms with E-state index in [1.54, 1.807) is 22.5 Å². The van der Waals surface area contributed by atoms with E-state index < -0.39 is 0 Å². The molecule has 3 aromatic rings. The fourth-order valence-electron chi connectivity index (χ4n) is 1.81. The summed E-state index contributed by atoms with van der Waals surface area (Å²) in [4.78, 5) is 4.31. The molecule has 6 heteroatoms. The second-order valence-electron chi connectivity index (χ2n) is 4.22. The van der Waals surface area contributed by atoms with Crippen LogP contribution in [0, 0.1) is 0 Å². The van der Waals surface area contributed by atoms with Gasteiger partial charge in [0.05, 0.1) is 5.52 Å². The van der Waals surface area contributed by atoms with Crippen LogP contribution in [0.5, 0.6) is 0 Å². The molecule has 0 radical (unpaired) electrons. The number of thioether (sulfide) groups is 1. The summed E-state index contributed by atoms with van der Waals surface area (Å²) in [6, 6.07) is 10.3. The first kappa shape index (κ1) is 12.0. The average Bonchev–Trinajstić information content (AvgIpc) is 2.76. The lowest BCUT2D eigenvalue weighted by Gasteiger charge is -2.03. The highest BCUT2D eigenvalue weighted by Crippen LogP contribution is 2.23. The lowest BCUT2D eigenvalue weighted by molar-refractivity contribution is 0.796. The fraction of sp³-hybridized carbons (Fsp3) is 0.154. The van der Waals surface area contributed by atoms with Crippen LogP contribution >= 0.6 is 11.8 Å². The monoisotopic (exact) mass is 271 g/mol. The van der Waals surface area contributed by atoms with Gasteiger partial charge in [-0.15, -0.1) is 10.2 Å². The molecule has 1 aromatic carbocycles. The van der Waals surface area contributed by atoms with Gasteiger partial charge in [0.15, 0.2) is 5.16 Å². The number of anilines is 1. The molecule has 96 valence electrons. The quantitative estimate of drug-likeness (QED) is 0.740. The van der Waals surface area contributed by atoms with Crippen molar-refractivity contribution in [2.75, 3.05) is 5.73 Å². The lowest BCUT2D eigenvalue weighted by atomic mass is 10.1. The zero-order chi connectivity index (χ0) is 13.2. The molecule has 0 saturated carbocycles. The highest BCUT2D eigenvalue weighted by Gasteiger charge is 2.06. The van der Waals surface area contributed by atoms with Crippen molar-refractivity contribution >= 4 is 28.6 Å². The maximum atomic E-state index is 5.65. The molecule has 0 spiro atoms. The third-order valence-corrected chi connectivity index (χ3v) is 4.00. The van der Waals surface area contributed by atoms with Gasteiger partial charge in [-0.3, -0.25) is 9.55 Å². The Morgan fingerprint density at radius 2 is 2.16 bits per heavy atom. The minimum absolute atomic E-state index is 0.435. The van der Waals surface area contributed by atoms with Crippen molar-refractivity contribution in [3.05, 3.63) is 42.1 Å². The van der Waals surface area contributed by atoms with E-state index in [1.165, 1.54) is 5.56 Å². The molecular weight excluding hydrogens is 258 g/mol. The lowest BCUT2D eigenvalue weighted by Crippen LogP contribution is -1.98. The summed E-state index contributed by atoms with van der Waals surface area (Å²) in [5.41, 5.74) is 7.89. The SMILES string of the molecule is Cn1c(N)nnc1SCc1ccc2ncccc2c1. The number of hydrogen-bond acceptors (Lipinski definition) is 5. The summed E-state index contributed by atoms with van der Waals surface area (Å²) in [5.74, 6) is 1.27. The summed E-state index contributed by atoms with van der Waals surface area (Å²) < 4.78 is 1.78. The molecule has 0 fully saturated rings. The van der Waals surface area contributed by atoms with E-state index in [4.69, 9.17) is 5.73 Å². The topological polar surface area (TPSA) is 69.6 Å². The molecule has 0 unspecified atom stereocenters. The van der Waals surface area contributed by atoms with Crippen molar-refractivity contribution in [1.29, 1.82) is 0 Å².